The fourth-order valence-electron chi connectivity index (χ4n) is 5.54. The van der Waals surface area contributed by atoms with Crippen LogP contribution in [0.1, 0.15) is 40.9 Å². The van der Waals surface area contributed by atoms with Crippen LogP contribution in [-0.4, -0.2) is 98.1 Å². The van der Waals surface area contributed by atoms with Gasteiger partial charge >= 0.3 is 5.97 Å². The van der Waals surface area contributed by atoms with E-state index in [9.17, 15) is 13.2 Å². The van der Waals surface area contributed by atoms with E-state index >= 15 is 0 Å². The van der Waals surface area contributed by atoms with E-state index in [4.69, 9.17) is 4.74 Å². The monoisotopic (exact) mass is 528 g/mol. The topological polar surface area (TPSA) is 73.4 Å². The summed E-state index contributed by atoms with van der Waals surface area (Å²) in [5, 5.41) is 0. The lowest BCUT2D eigenvalue weighted by molar-refractivity contribution is 0.0290. The summed E-state index contributed by atoms with van der Waals surface area (Å²) in [5.41, 5.74) is 4.37. The van der Waals surface area contributed by atoms with Gasteiger partial charge in [0.1, 0.15) is 0 Å². The maximum Gasteiger partial charge on any atom is 0.337 e. The summed E-state index contributed by atoms with van der Waals surface area (Å²) >= 11 is 0. The van der Waals surface area contributed by atoms with Gasteiger partial charge in [-0.1, -0.05) is 36.4 Å². The van der Waals surface area contributed by atoms with Crippen LogP contribution < -0.4 is 0 Å². The average molecular weight is 529 g/mol. The van der Waals surface area contributed by atoms with Crippen LogP contribution in [0.4, 0.5) is 0 Å². The minimum atomic E-state index is -3.10. The molecule has 9 heteroatoms. The zero-order chi connectivity index (χ0) is 26.6. The van der Waals surface area contributed by atoms with Crippen molar-refractivity contribution < 1.29 is 17.9 Å². The smallest absolute Gasteiger partial charge is 0.337 e. The molecule has 2 aliphatic heterocycles. The highest BCUT2D eigenvalue weighted by Crippen LogP contribution is 2.22. The standard InChI is InChI=1S/C28H40N4O4S/c1-22-17-30(19-24-8-10-27(11-9-24)28(33)36-3)18-23(2)32(22)21-26-7-5-6-25(16-26)20-29-12-14-31(15-13-29)37(4,34)35/h5-11,16,22-23H,12-15,17-21H2,1-4H3/t22-,23+. The number of hydrogen-bond donors (Lipinski definition) is 0. The van der Waals surface area contributed by atoms with Gasteiger partial charge in [0.05, 0.1) is 18.9 Å². The van der Waals surface area contributed by atoms with Crippen LogP contribution in [-0.2, 0) is 34.4 Å². The molecular formula is C28H40N4O4S. The third-order valence-electron chi connectivity index (χ3n) is 7.52. The Kier molecular flexibility index (Phi) is 9.03. The number of sulfonamides is 1. The summed E-state index contributed by atoms with van der Waals surface area (Å²) in [4.78, 5) is 19.1. The van der Waals surface area contributed by atoms with Gasteiger partial charge < -0.3 is 4.74 Å². The number of benzene rings is 2. The number of piperazine rings is 2. The van der Waals surface area contributed by atoms with Crippen molar-refractivity contribution in [3.63, 3.8) is 0 Å². The molecule has 2 atom stereocenters. The molecule has 4 rings (SSSR count). The number of methoxy groups -OCH3 is 1. The fourth-order valence-corrected chi connectivity index (χ4v) is 6.37. The molecule has 2 heterocycles. The largest absolute Gasteiger partial charge is 0.465 e. The van der Waals surface area contributed by atoms with Gasteiger partial charge in [-0.05, 0) is 42.7 Å². The lowest BCUT2D eigenvalue weighted by Crippen LogP contribution is -2.55. The van der Waals surface area contributed by atoms with Crippen molar-refractivity contribution in [2.24, 2.45) is 0 Å². The van der Waals surface area contributed by atoms with Crippen LogP contribution in [0.15, 0.2) is 48.5 Å². The van der Waals surface area contributed by atoms with Gasteiger partial charge in [-0.15, -0.1) is 0 Å². The summed E-state index contributed by atoms with van der Waals surface area (Å²) in [6.07, 6.45) is 1.29. The number of esters is 1. The molecule has 2 saturated heterocycles. The molecule has 0 amide bonds. The number of carbonyl (C=O) groups is 1. The predicted octanol–water partition coefficient (Wildman–Crippen LogP) is 2.65. The molecule has 0 aliphatic carbocycles. The molecule has 37 heavy (non-hydrogen) atoms. The quantitative estimate of drug-likeness (QED) is 0.488. The average Bonchev–Trinajstić information content (AvgIpc) is 2.86. The van der Waals surface area contributed by atoms with E-state index in [0.29, 0.717) is 30.7 Å². The van der Waals surface area contributed by atoms with Crippen molar-refractivity contribution in [3.8, 4) is 0 Å². The van der Waals surface area contributed by atoms with Crippen LogP contribution in [0.25, 0.3) is 0 Å². The summed E-state index contributed by atoms with van der Waals surface area (Å²) in [6, 6.07) is 17.4. The number of hydrogen-bond acceptors (Lipinski definition) is 7. The van der Waals surface area contributed by atoms with Crippen LogP contribution in [0.3, 0.4) is 0 Å². The van der Waals surface area contributed by atoms with Gasteiger partial charge in [-0.2, -0.15) is 4.31 Å². The Labute approximate surface area is 221 Å². The maximum atomic E-state index is 11.8. The minimum Gasteiger partial charge on any atom is -0.465 e. The predicted molar refractivity (Wildman–Crippen MR) is 146 cm³/mol. The molecule has 0 aromatic heterocycles. The summed E-state index contributed by atoms with van der Waals surface area (Å²) in [5.74, 6) is -0.305. The Bertz CT molecular complexity index is 1150. The van der Waals surface area contributed by atoms with E-state index in [-0.39, 0.29) is 5.97 Å². The molecule has 0 N–H and O–H groups in total. The van der Waals surface area contributed by atoms with Gasteiger partial charge in [0.2, 0.25) is 10.0 Å². The molecule has 2 aliphatic rings. The Morgan fingerprint density at radius 3 is 1.97 bits per heavy atom. The lowest BCUT2D eigenvalue weighted by atomic mass is 10.0. The first-order valence-electron chi connectivity index (χ1n) is 13.0. The van der Waals surface area contributed by atoms with Crippen LogP contribution in [0.2, 0.25) is 0 Å². The Hall–Kier alpha value is -2.30. The molecule has 0 saturated carbocycles. The van der Waals surface area contributed by atoms with Crippen molar-refractivity contribution in [2.75, 3.05) is 52.6 Å². The van der Waals surface area contributed by atoms with E-state index in [1.165, 1.54) is 30.1 Å². The van der Waals surface area contributed by atoms with Gasteiger partial charge in [0.15, 0.2) is 0 Å². The van der Waals surface area contributed by atoms with Crippen molar-refractivity contribution in [1.29, 1.82) is 0 Å². The molecule has 2 aromatic rings. The summed E-state index contributed by atoms with van der Waals surface area (Å²) < 4.78 is 29.9. The van der Waals surface area contributed by atoms with Crippen molar-refractivity contribution >= 4 is 16.0 Å². The van der Waals surface area contributed by atoms with Crippen molar-refractivity contribution in [2.45, 2.75) is 45.6 Å². The fraction of sp³-hybridized carbons (Fsp3) is 0.536. The highest BCUT2D eigenvalue weighted by Gasteiger charge is 2.29. The third kappa shape index (κ3) is 7.39. The first kappa shape index (κ1) is 27.7. The highest BCUT2D eigenvalue weighted by molar-refractivity contribution is 7.88. The van der Waals surface area contributed by atoms with Gasteiger partial charge in [-0.3, -0.25) is 14.7 Å². The molecule has 2 aromatic carbocycles. The third-order valence-corrected chi connectivity index (χ3v) is 8.82. The van der Waals surface area contributed by atoms with E-state index in [0.717, 1.165) is 45.8 Å². The molecule has 0 unspecified atom stereocenters. The molecule has 2 fully saturated rings. The molecule has 0 spiro atoms. The van der Waals surface area contributed by atoms with Crippen LogP contribution in [0.5, 0.6) is 0 Å². The van der Waals surface area contributed by atoms with Crippen LogP contribution >= 0.6 is 0 Å². The second-order valence-electron chi connectivity index (χ2n) is 10.5. The molecule has 8 nitrogen and oxygen atoms in total. The Morgan fingerprint density at radius 2 is 1.41 bits per heavy atom. The van der Waals surface area contributed by atoms with Gasteiger partial charge in [-0.25, -0.2) is 13.2 Å². The minimum absolute atomic E-state index is 0.305. The number of carbonyl (C=O) groups excluding carboxylic acids is 1. The second-order valence-corrected chi connectivity index (χ2v) is 12.5. The Morgan fingerprint density at radius 1 is 0.838 bits per heavy atom. The second kappa shape index (κ2) is 12.0. The number of nitrogens with zero attached hydrogens (tertiary/aromatic N) is 4. The molecule has 0 bridgehead atoms. The first-order valence-corrected chi connectivity index (χ1v) is 14.9. The van der Waals surface area contributed by atoms with E-state index in [1.54, 1.807) is 4.31 Å². The first-order chi connectivity index (χ1) is 17.6. The molecule has 0 radical (unpaired) electrons. The van der Waals surface area contributed by atoms with Crippen molar-refractivity contribution in [3.05, 3.63) is 70.8 Å². The zero-order valence-electron chi connectivity index (χ0n) is 22.5. The zero-order valence-corrected chi connectivity index (χ0v) is 23.3. The number of ether oxygens (including phenoxy) is 1. The van der Waals surface area contributed by atoms with Gasteiger partial charge in [0, 0.05) is 71.0 Å². The SMILES string of the molecule is COC(=O)c1ccc(CN2C[C@@H](C)N(Cc3cccc(CN4CCN(S(C)(=O)=O)CC4)c3)[C@@H](C)C2)cc1. The van der Waals surface area contributed by atoms with E-state index < -0.39 is 10.0 Å². The summed E-state index contributed by atoms with van der Waals surface area (Å²) in [6.45, 7) is 11.9. The van der Waals surface area contributed by atoms with E-state index in [1.807, 2.05) is 24.3 Å². The summed E-state index contributed by atoms with van der Waals surface area (Å²) in [7, 11) is -1.70. The lowest BCUT2D eigenvalue weighted by Gasteiger charge is -2.44. The normalized spacial score (nSPS) is 22.7. The molecule has 202 valence electrons. The maximum absolute atomic E-state index is 11.8. The number of rotatable bonds is 8. The van der Waals surface area contributed by atoms with Crippen LogP contribution in [0, 0.1) is 0 Å². The van der Waals surface area contributed by atoms with Gasteiger partial charge in [0.25, 0.3) is 0 Å². The Balaban J connectivity index is 1.30. The molecular weight excluding hydrogens is 488 g/mol. The van der Waals surface area contributed by atoms with E-state index in [2.05, 4.69) is 52.8 Å². The van der Waals surface area contributed by atoms with Crippen molar-refractivity contribution in [1.82, 2.24) is 19.0 Å². The highest BCUT2D eigenvalue weighted by atomic mass is 32.2.